The molecule has 0 radical (unpaired) electrons. The average molecular weight is 525 g/mol. The summed E-state index contributed by atoms with van der Waals surface area (Å²) >= 11 is 12.9. The number of fused-ring (bicyclic) bond motifs is 1. The van der Waals surface area contributed by atoms with Crippen molar-refractivity contribution >= 4 is 52.2 Å². The topological polar surface area (TPSA) is 59.4 Å². The number of piperidine rings is 1. The lowest BCUT2D eigenvalue weighted by Gasteiger charge is -2.30. The minimum Gasteiger partial charge on any atom is -0.339 e. The molecule has 1 amide bonds. The summed E-state index contributed by atoms with van der Waals surface area (Å²) in [4.78, 5) is 39.3. The number of likely N-dealkylation sites (tertiary alicyclic amines) is 1. The summed E-state index contributed by atoms with van der Waals surface area (Å²) in [5, 5.41) is 0.164. The predicted molar refractivity (Wildman–Crippen MR) is 127 cm³/mol. The Morgan fingerprint density at radius 2 is 1.69 bits per heavy atom. The number of aryl methyl sites for hydroxylation is 2. The Labute approximate surface area is 209 Å². The maximum Gasteiger partial charge on any atom is 0.416 e. The SMILES string of the molecule is Cc1cn(C(=O)c2c(Cl)ccc(C(=O)N3CCC(C=O)CC3)c2Cl)c2c(C)cc(C(F)(F)F)cc12. The van der Waals surface area contributed by atoms with E-state index in [1.807, 2.05) is 0 Å². The third kappa shape index (κ3) is 4.57. The fraction of sp³-hybridized carbons (Fsp3) is 0.320. The van der Waals surface area contributed by atoms with Crippen LogP contribution in [0.5, 0.6) is 0 Å². The van der Waals surface area contributed by atoms with Crippen LogP contribution in [0.2, 0.25) is 10.0 Å². The molecule has 0 saturated carbocycles. The van der Waals surface area contributed by atoms with E-state index in [1.54, 1.807) is 11.8 Å². The number of halogens is 5. The van der Waals surface area contributed by atoms with Gasteiger partial charge in [0.25, 0.3) is 11.8 Å². The number of amides is 1. The van der Waals surface area contributed by atoms with E-state index in [2.05, 4.69) is 0 Å². The second-order valence-electron chi connectivity index (χ2n) is 8.72. The van der Waals surface area contributed by atoms with Crippen LogP contribution in [0.25, 0.3) is 10.9 Å². The molecule has 0 aliphatic carbocycles. The van der Waals surface area contributed by atoms with Crippen LogP contribution in [-0.4, -0.2) is 40.7 Å². The molecule has 1 aliphatic heterocycles. The summed E-state index contributed by atoms with van der Waals surface area (Å²) in [6, 6.07) is 4.83. The third-order valence-corrected chi connectivity index (χ3v) is 7.10. The molecule has 2 aromatic carbocycles. The number of carbonyl (C=O) groups excluding carboxylic acids is 3. The molecule has 2 heterocycles. The first-order chi connectivity index (χ1) is 16.4. The van der Waals surface area contributed by atoms with E-state index < -0.39 is 17.6 Å². The maximum absolute atomic E-state index is 13.6. The normalized spacial score (nSPS) is 15.0. The van der Waals surface area contributed by atoms with E-state index in [4.69, 9.17) is 23.2 Å². The van der Waals surface area contributed by atoms with Gasteiger partial charge in [0.05, 0.1) is 32.3 Å². The van der Waals surface area contributed by atoms with Gasteiger partial charge in [-0.05, 0) is 62.1 Å². The number of aromatic nitrogens is 1. The lowest BCUT2D eigenvalue weighted by Crippen LogP contribution is -2.39. The molecule has 5 nitrogen and oxygen atoms in total. The van der Waals surface area contributed by atoms with Crippen LogP contribution in [0.4, 0.5) is 13.2 Å². The van der Waals surface area contributed by atoms with Crippen molar-refractivity contribution in [3.63, 3.8) is 0 Å². The van der Waals surface area contributed by atoms with Gasteiger partial charge in [0, 0.05) is 30.6 Å². The summed E-state index contributed by atoms with van der Waals surface area (Å²) in [6.07, 6.45) is -1.12. The number of rotatable bonds is 3. The van der Waals surface area contributed by atoms with Crippen LogP contribution in [-0.2, 0) is 11.0 Å². The molecule has 0 spiro atoms. The Bertz CT molecular complexity index is 1360. The average Bonchev–Trinajstić information content (AvgIpc) is 3.15. The number of aldehydes is 1. The Hall–Kier alpha value is -2.84. The summed E-state index contributed by atoms with van der Waals surface area (Å²) in [5.74, 6) is -1.14. The van der Waals surface area contributed by atoms with Crippen molar-refractivity contribution < 1.29 is 27.6 Å². The van der Waals surface area contributed by atoms with Gasteiger partial charge in [-0.2, -0.15) is 13.2 Å². The molecular weight excluding hydrogens is 504 g/mol. The van der Waals surface area contributed by atoms with Crippen LogP contribution in [0.15, 0.2) is 30.5 Å². The van der Waals surface area contributed by atoms with Crippen LogP contribution in [0.3, 0.4) is 0 Å². The van der Waals surface area contributed by atoms with Gasteiger partial charge in [0.15, 0.2) is 0 Å². The van der Waals surface area contributed by atoms with Crippen molar-refractivity contribution in [2.24, 2.45) is 5.92 Å². The molecule has 1 aliphatic rings. The highest BCUT2D eigenvalue weighted by Gasteiger charge is 2.33. The van der Waals surface area contributed by atoms with E-state index in [0.29, 0.717) is 37.0 Å². The first-order valence-electron chi connectivity index (χ1n) is 10.9. The van der Waals surface area contributed by atoms with Gasteiger partial charge in [0.1, 0.15) is 6.29 Å². The van der Waals surface area contributed by atoms with Gasteiger partial charge in [-0.1, -0.05) is 23.2 Å². The van der Waals surface area contributed by atoms with Gasteiger partial charge in [-0.15, -0.1) is 0 Å². The fourth-order valence-corrected chi connectivity index (χ4v) is 5.11. The Morgan fingerprint density at radius 1 is 1.03 bits per heavy atom. The van der Waals surface area contributed by atoms with Crippen LogP contribution in [0, 0.1) is 19.8 Å². The number of benzene rings is 2. The fourth-order valence-electron chi connectivity index (χ4n) is 4.49. The van der Waals surface area contributed by atoms with Gasteiger partial charge < -0.3 is 9.69 Å². The van der Waals surface area contributed by atoms with Gasteiger partial charge in [-0.3, -0.25) is 14.2 Å². The van der Waals surface area contributed by atoms with Crippen molar-refractivity contribution in [1.82, 2.24) is 9.47 Å². The largest absolute Gasteiger partial charge is 0.416 e. The van der Waals surface area contributed by atoms with Crippen molar-refractivity contribution in [2.75, 3.05) is 13.1 Å². The Morgan fingerprint density at radius 3 is 2.29 bits per heavy atom. The quantitative estimate of drug-likeness (QED) is 0.376. The highest BCUT2D eigenvalue weighted by Crippen LogP contribution is 2.37. The smallest absolute Gasteiger partial charge is 0.339 e. The first-order valence-corrected chi connectivity index (χ1v) is 11.7. The standard InChI is InChI=1S/C25H21Cl2F3N2O3/c1-13-9-16(25(28,29)30)10-18-14(2)11-32(22(13)18)24(35)20-19(26)4-3-17(21(20)27)23(34)31-7-5-15(12-33)6-8-31/h3-4,9-12,15H,5-8H2,1-2H3. The number of nitrogens with zero attached hydrogens (tertiary/aromatic N) is 2. The maximum atomic E-state index is 13.6. The molecule has 35 heavy (non-hydrogen) atoms. The summed E-state index contributed by atoms with van der Waals surface area (Å²) in [6.45, 7) is 3.87. The Kier molecular flexibility index (Phi) is 6.72. The monoisotopic (exact) mass is 524 g/mol. The second kappa shape index (κ2) is 9.32. The second-order valence-corrected chi connectivity index (χ2v) is 9.51. The molecule has 0 atom stereocenters. The van der Waals surface area contributed by atoms with E-state index in [9.17, 15) is 27.6 Å². The molecule has 0 unspecified atom stereocenters. The van der Waals surface area contributed by atoms with Crippen LogP contribution >= 0.6 is 23.2 Å². The summed E-state index contributed by atoms with van der Waals surface area (Å²) < 4.78 is 41.2. The molecule has 0 N–H and O–H groups in total. The molecule has 0 bridgehead atoms. The lowest BCUT2D eigenvalue weighted by molar-refractivity contribution is -0.137. The zero-order valence-corrected chi connectivity index (χ0v) is 20.4. The van der Waals surface area contributed by atoms with Crippen LogP contribution < -0.4 is 0 Å². The van der Waals surface area contributed by atoms with Crippen molar-refractivity contribution in [1.29, 1.82) is 0 Å². The van der Waals surface area contributed by atoms with E-state index in [0.717, 1.165) is 18.4 Å². The zero-order chi connectivity index (χ0) is 25.7. The Balaban J connectivity index is 1.77. The minimum atomic E-state index is -4.53. The van der Waals surface area contributed by atoms with Crippen molar-refractivity contribution in [2.45, 2.75) is 32.9 Å². The van der Waals surface area contributed by atoms with E-state index in [-0.39, 0.29) is 43.9 Å². The number of carbonyl (C=O) groups is 3. The molecule has 3 aromatic rings. The van der Waals surface area contributed by atoms with Gasteiger partial charge in [0.2, 0.25) is 0 Å². The van der Waals surface area contributed by atoms with E-state index >= 15 is 0 Å². The predicted octanol–water partition coefficient (Wildman–Crippen LogP) is 6.32. The molecule has 1 saturated heterocycles. The number of hydrogen-bond donors (Lipinski definition) is 0. The van der Waals surface area contributed by atoms with Gasteiger partial charge >= 0.3 is 6.18 Å². The molecule has 1 fully saturated rings. The van der Waals surface area contributed by atoms with Crippen molar-refractivity contribution in [3.8, 4) is 0 Å². The summed E-state index contributed by atoms with van der Waals surface area (Å²) in [5.41, 5.74) is 0.207. The molecular formula is C25H21Cl2F3N2O3. The van der Waals surface area contributed by atoms with E-state index in [1.165, 1.54) is 29.8 Å². The molecule has 184 valence electrons. The van der Waals surface area contributed by atoms with Crippen molar-refractivity contribution in [3.05, 3.63) is 68.3 Å². The zero-order valence-electron chi connectivity index (χ0n) is 18.9. The third-order valence-electron chi connectivity index (χ3n) is 6.39. The van der Waals surface area contributed by atoms with Crippen LogP contribution in [0.1, 0.15) is 50.2 Å². The first kappa shape index (κ1) is 25.3. The van der Waals surface area contributed by atoms with Gasteiger partial charge in [-0.25, -0.2) is 0 Å². The highest BCUT2D eigenvalue weighted by molar-refractivity contribution is 6.41. The molecule has 10 heteroatoms. The number of hydrogen-bond acceptors (Lipinski definition) is 3. The molecule has 1 aromatic heterocycles. The molecule has 4 rings (SSSR count). The number of alkyl halides is 3. The highest BCUT2D eigenvalue weighted by atomic mass is 35.5. The minimum absolute atomic E-state index is 0.0141. The lowest BCUT2D eigenvalue weighted by atomic mass is 9.97. The summed E-state index contributed by atoms with van der Waals surface area (Å²) in [7, 11) is 0.